The Hall–Kier alpha value is -2.91. The van der Waals surface area contributed by atoms with Crippen molar-refractivity contribution in [2.75, 3.05) is 26.8 Å². The number of methoxy groups -OCH3 is 1. The van der Waals surface area contributed by atoms with E-state index in [0.717, 1.165) is 18.8 Å². The molecule has 4 aliphatic carbocycles. The molecule has 9 heteroatoms. The van der Waals surface area contributed by atoms with E-state index in [1.54, 1.807) is 23.1 Å². The molecule has 5 aliphatic rings. The quantitative estimate of drug-likeness (QED) is 0.411. The number of hydrogen-bond donors (Lipinski definition) is 3. The summed E-state index contributed by atoms with van der Waals surface area (Å²) in [5.74, 6) is 1.13. The van der Waals surface area contributed by atoms with Crippen LogP contribution >= 0.6 is 0 Å². The minimum atomic E-state index is -1.11. The lowest BCUT2D eigenvalue weighted by Crippen LogP contribution is -2.59. The lowest BCUT2D eigenvalue weighted by atomic mass is 9.45. The highest BCUT2D eigenvalue weighted by Gasteiger charge is 2.56. The summed E-state index contributed by atoms with van der Waals surface area (Å²) in [5, 5.41) is 23.8. The Kier molecular flexibility index (Phi) is 7.50. The molecule has 212 valence electrons. The van der Waals surface area contributed by atoms with Crippen molar-refractivity contribution in [3.05, 3.63) is 34.9 Å². The van der Waals surface area contributed by atoms with E-state index in [4.69, 9.17) is 9.47 Å². The van der Waals surface area contributed by atoms with Gasteiger partial charge in [-0.15, -0.1) is 0 Å². The number of aliphatic hydroxyl groups excluding tert-OH is 2. The van der Waals surface area contributed by atoms with Gasteiger partial charge in [0.1, 0.15) is 18.5 Å². The first-order valence-electron chi connectivity index (χ1n) is 14.1. The molecule has 1 heterocycles. The first-order valence-corrected chi connectivity index (χ1v) is 14.1. The maximum Gasteiger partial charge on any atom is 0.247 e. The number of carbonyl (C=O) groups is 3. The monoisotopic (exact) mass is 540 g/mol. The van der Waals surface area contributed by atoms with Crippen LogP contribution in [0.1, 0.15) is 68.3 Å². The Morgan fingerprint density at radius 2 is 2.05 bits per heavy atom. The van der Waals surface area contributed by atoms with Crippen molar-refractivity contribution in [1.29, 1.82) is 0 Å². The van der Waals surface area contributed by atoms with Gasteiger partial charge in [0.15, 0.2) is 11.5 Å². The van der Waals surface area contributed by atoms with E-state index in [-0.39, 0.29) is 30.9 Å². The van der Waals surface area contributed by atoms with Gasteiger partial charge in [-0.3, -0.25) is 14.4 Å². The predicted octanol–water partition coefficient (Wildman–Crippen LogP) is 2.44. The lowest BCUT2D eigenvalue weighted by molar-refractivity contribution is -0.146. The van der Waals surface area contributed by atoms with E-state index in [9.17, 15) is 24.6 Å². The van der Waals surface area contributed by atoms with Crippen LogP contribution in [-0.4, -0.2) is 78.3 Å². The molecule has 3 fully saturated rings. The number of fused-ring (bicyclic) bond motifs is 5. The summed E-state index contributed by atoms with van der Waals surface area (Å²) in [6, 6.07) is 2.45. The second kappa shape index (κ2) is 10.6. The molecule has 6 rings (SSSR count). The molecule has 3 N–H and O–H groups in total. The number of rotatable bonds is 9. The summed E-state index contributed by atoms with van der Waals surface area (Å²) in [6.45, 7) is 6.79. The third kappa shape index (κ3) is 4.53. The van der Waals surface area contributed by atoms with Gasteiger partial charge in [0.25, 0.3) is 0 Å². The van der Waals surface area contributed by atoms with Crippen molar-refractivity contribution in [2.45, 2.75) is 70.6 Å². The van der Waals surface area contributed by atoms with Crippen LogP contribution in [-0.2, 0) is 9.59 Å². The summed E-state index contributed by atoms with van der Waals surface area (Å²) in [4.78, 5) is 40.2. The van der Waals surface area contributed by atoms with Gasteiger partial charge < -0.3 is 29.9 Å². The van der Waals surface area contributed by atoms with E-state index in [1.807, 2.05) is 6.92 Å². The molecule has 7 atom stereocenters. The van der Waals surface area contributed by atoms with Gasteiger partial charge in [-0.05, 0) is 60.6 Å². The first kappa shape index (κ1) is 27.6. The van der Waals surface area contributed by atoms with Crippen LogP contribution < -0.4 is 14.8 Å². The molecule has 3 saturated carbocycles. The molecule has 0 radical (unpaired) electrons. The second-order valence-electron chi connectivity index (χ2n) is 12.0. The standard InChI is InChI=1S/C30H40N2O7/c1-5-24(35)32(14-17-6-7-18-12-21(17)30(18,2)3)22-13-20(29(37)31-8-9-33)25-19-10-16(15-34)11-23(38-4)27(19)39-28(25)26(22)36/h10-11,13,15,17-18,21-22,25-26,28,33,36H,5-9,12,14H2,1-4H3,(H,31,37)/t17-,18-,21-,22+,25-,26-,28-/m0/s1. The summed E-state index contributed by atoms with van der Waals surface area (Å²) < 4.78 is 11.8. The van der Waals surface area contributed by atoms with E-state index < -0.39 is 30.1 Å². The highest BCUT2D eigenvalue weighted by molar-refractivity contribution is 5.96. The molecule has 1 aromatic carbocycles. The second-order valence-corrected chi connectivity index (χ2v) is 12.0. The SMILES string of the molecule is CCC(=O)N(C[C@@H]1CC[C@H]2C[C@@H]1C2(C)C)[C@@H]1C=C(C(=O)NCCO)[C@@H]2c3cc(C=O)cc(OC)c3O[C@@H]2[C@H]1O. The van der Waals surface area contributed by atoms with Crippen molar-refractivity contribution in [2.24, 2.45) is 23.2 Å². The number of hydrogen-bond acceptors (Lipinski definition) is 7. The highest BCUT2D eigenvalue weighted by Crippen LogP contribution is 2.61. The molecule has 0 spiro atoms. The van der Waals surface area contributed by atoms with Crippen LogP contribution in [0.25, 0.3) is 0 Å². The van der Waals surface area contributed by atoms with Crippen LogP contribution in [0.5, 0.6) is 11.5 Å². The zero-order chi connectivity index (χ0) is 28.1. The minimum absolute atomic E-state index is 0.0593. The van der Waals surface area contributed by atoms with Crippen molar-refractivity contribution in [3.8, 4) is 11.5 Å². The van der Waals surface area contributed by atoms with E-state index in [1.165, 1.54) is 13.5 Å². The van der Waals surface area contributed by atoms with Crippen LogP contribution in [0.4, 0.5) is 0 Å². The number of aldehydes is 1. The fraction of sp³-hybridized carbons (Fsp3) is 0.633. The molecule has 1 aromatic rings. The fourth-order valence-electron chi connectivity index (χ4n) is 7.59. The summed E-state index contributed by atoms with van der Waals surface area (Å²) in [7, 11) is 1.47. The van der Waals surface area contributed by atoms with Crippen molar-refractivity contribution in [3.63, 3.8) is 0 Å². The van der Waals surface area contributed by atoms with Gasteiger partial charge in [0.2, 0.25) is 11.8 Å². The third-order valence-corrected chi connectivity index (χ3v) is 9.83. The number of aliphatic hydroxyl groups is 2. The number of nitrogens with zero attached hydrogens (tertiary/aromatic N) is 1. The topological polar surface area (TPSA) is 125 Å². The van der Waals surface area contributed by atoms with Crippen molar-refractivity contribution < 1.29 is 34.1 Å². The summed E-state index contributed by atoms with van der Waals surface area (Å²) in [6.07, 6.45) is 4.06. The van der Waals surface area contributed by atoms with Crippen molar-refractivity contribution >= 4 is 18.1 Å². The molecule has 0 saturated heterocycles. The summed E-state index contributed by atoms with van der Waals surface area (Å²) in [5.41, 5.74) is 1.53. The molecule has 2 amide bonds. The number of amides is 2. The van der Waals surface area contributed by atoms with E-state index in [0.29, 0.717) is 52.9 Å². The Balaban J connectivity index is 1.54. The molecule has 9 nitrogen and oxygen atoms in total. The zero-order valence-corrected chi connectivity index (χ0v) is 23.2. The van der Waals surface area contributed by atoms with Gasteiger partial charge in [-0.2, -0.15) is 0 Å². The summed E-state index contributed by atoms with van der Waals surface area (Å²) >= 11 is 0. The smallest absolute Gasteiger partial charge is 0.247 e. The average Bonchev–Trinajstić information content (AvgIpc) is 3.34. The predicted molar refractivity (Wildman–Crippen MR) is 144 cm³/mol. The Labute approximate surface area is 229 Å². The van der Waals surface area contributed by atoms with Gasteiger partial charge >= 0.3 is 0 Å². The Morgan fingerprint density at radius 3 is 2.67 bits per heavy atom. The largest absolute Gasteiger partial charge is 0.493 e. The molecular weight excluding hydrogens is 500 g/mol. The molecule has 0 unspecified atom stereocenters. The van der Waals surface area contributed by atoms with E-state index >= 15 is 0 Å². The van der Waals surface area contributed by atoms with Gasteiger partial charge in [0, 0.05) is 36.2 Å². The molecule has 2 bridgehead atoms. The fourth-order valence-corrected chi connectivity index (χ4v) is 7.59. The number of nitrogens with one attached hydrogen (secondary N) is 1. The number of ether oxygens (including phenoxy) is 2. The molecule has 0 aromatic heterocycles. The van der Waals surface area contributed by atoms with Crippen LogP contribution in [0.15, 0.2) is 23.8 Å². The van der Waals surface area contributed by atoms with Gasteiger partial charge in [-0.25, -0.2) is 0 Å². The zero-order valence-electron chi connectivity index (χ0n) is 23.2. The maximum atomic E-state index is 13.4. The first-order chi connectivity index (χ1) is 18.7. The Bertz CT molecular complexity index is 1180. The molecule has 39 heavy (non-hydrogen) atoms. The number of carbonyl (C=O) groups excluding carboxylic acids is 3. The van der Waals surface area contributed by atoms with Crippen LogP contribution in [0.3, 0.4) is 0 Å². The average molecular weight is 541 g/mol. The third-order valence-electron chi connectivity index (χ3n) is 9.83. The van der Waals surface area contributed by atoms with E-state index in [2.05, 4.69) is 19.2 Å². The minimum Gasteiger partial charge on any atom is -0.493 e. The normalized spacial score (nSPS) is 31.5. The van der Waals surface area contributed by atoms with Crippen molar-refractivity contribution in [1.82, 2.24) is 10.2 Å². The maximum absolute atomic E-state index is 13.4. The highest BCUT2D eigenvalue weighted by atomic mass is 16.5. The van der Waals surface area contributed by atoms with Gasteiger partial charge in [0.05, 0.1) is 25.7 Å². The Morgan fingerprint density at radius 1 is 1.28 bits per heavy atom. The molecular formula is C30H40N2O7. The van der Waals surface area contributed by atoms with Crippen LogP contribution in [0, 0.1) is 23.2 Å². The van der Waals surface area contributed by atoms with Gasteiger partial charge in [-0.1, -0.05) is 20.8 Å². The molecule has 1 aliphatic heterocycles. The number of benzene rings is 1. The lowest BCUT2D eigenvalue weighted by Gasteiger charge is -2.61. The van der Waals surface area contributed by atoms with Crippen LogP contribution in [0.2, 0.25) is 0 Å².